The Balaban J connectivity index is 1.39. The fourth-order valence-corrected chi connectivity index (χ4v) is 3.98. The summed E-state index contributed by atoms with van der Waals surface area (Å²) in [5, 5.41) is 3.21. The van der Waals surface area contributed by atoms with Gasteiger partial charge in [0.1, 0.15) is 0 Å². The molecular weight excluding hydrogens is 288 g/mol. The molecule has 1 aliphatic carbocycles. The minimum absolute atomic E-state index is 0.104. The van der Waals surface area contributed by atoms with Gasteiger partial charge in [-0.05, 0) is 31.2 Å². The Kier molecular flexibility index (Phi) is 4.36. The number of hydrogen-bond donors (Lipinski definition) is 1. The largest absolute Gasteiger partial charge is 0.377 e. The third-order valence-electron chi connectivity index (χ3n) is 5.49. The molecule has 0 unspecified atom stereocenters. The van der Waals surface area contributed by atoms with Crippen LogP contribution in [0.3, 0.4) is 0 Å². The van der Waals surface area contributed by atoms with Crippen LogP contribution in [-0.2, 0) is 16.0 Å². The number of likely N-dealkylation sites (tertiary alicyclic amines) is 1. The molecule has 1 N–H and O–H groups in total. The molecule has 3 fully saturated rings. The fourth-order valence-electron chi connectivity index (χ4n) is 3.98. The second-order valence-corrected chi connectivity index (χ2v) is 7.25. The molecule has 124 valence electrons. The van der Waals surface area contributed by atoms with Crippen molar-refractivity contribution in [3.8, 4) is 0 Å². The molecule has 0 radical (unpaired) electrons. The summed E-state index contributed by atoms with van der Waals surface area (Å²) in [5.74, 6) is 0.784. The van der Waals surface area contributed by atoms with Crippen LogP contribution in [0.2, 0.25) is 0 Å². The normalized spacial score (nSPS) is 30.9. The van der Waals surface area contributed by atoms with E-state index in [1.807, 2.05) is 0 Å². The van der Waals surface area contributed by atoms with Crippen molar-refractivity contribution >= 4 is 5.91 Å². The van der Waals surface area contributed by atoms with Gasteiger partial charge in [0.15, 0.2) is 0 Å². The number of ether oxygens (including phenoxy) is 1. The van der Waals surface area contributed by atoms with Crippen LogP contribution in [0.25, 0.3) is 0 Å². The smallest absolute Gasteiger partial charge is 0.225 e. The maximum Gasteiger partial charge on any atom is 0.225 e. The molecule has 23 heavy (non-hydrogen) atoms. The van der Waals surface area contributed by atoms with Crippen LogP contribution in [0.15, 0.2) is 30.3 Å². The van der Waals surface area contributed by atoms with Crippen LogP contribution in [0.4, 0.5) is 0 Å². The SMILES string of the molecule is O=C(NC1CC1)[C@H]1CN(CCc2ccccc2)C[C@H]2OCC[C@@H]12. The van der Waals surface area contributed by atoms with Crippen LogP contribution in [0.5, 0.6) is 0 Å². The van der Waals surface area contributed by atoms with Gasteiger partial charge < -0.3 is 10.1 Å². The number of amides is 1. The summed E-state index contributed by atoms with van der Waals surface area (Å²) >= 11 is 0. The van der Waals surface area contributed by atoms with Gasteiger partial charge in [-0.2, -0.15) is 0 Å². The topological polar surface area (TPSA) is 41.6 Å². The molecule has 0 aromatic heterocycles. The number of benzene rings is 1. The quantitative estimate of drug-likeness (QED) is 0.902. The first kappa shape index (κ1) is 15.2. The number of hydrogen-bond acceptors (Lipinski definition) is 3. The first-order valence-corrected chi connectivity index (χ1v) is 8.98. The monoisotopic (exact) mass is 314 g/mol. The lowest BCUT2D eigenvalue weighted by Crippen LogP contribution is -2.53. The molecule has 4 heteroatoms. The maximum atomic E-state index is 12.6. The minimum atomic E-state index is 0.104. The third kappa shape index (κ3) is 3.59. The molecule has 0 spiro atoms. The molecule has 1 amide bonds. The van der Waals surface area contributed by atoms with Crippen LogP contribution in [0, 0.1) is 11.8 Å². The van der Waals surface area contributed by atoms with E-state index in [1.54, 1.807) is 0 Å². The molecule has 1 aromatic carbocycles. The zero-order valence-corrected chi connectivity index (χ0v) is 13.6. The van der Waals surface area contributed by atoms with E-state index >= 15 is 0 Å². The molecule has 1 aromatic rings. The van der Waals surface area contributed by atoms with Gasteiger partial charge >= 0.3 is 0 Å². The van der Waals surface area contributed by atoms with Crippen molar-refractivity contribution in [1.82, 2.24) is 10.2 Å². The molecule has 3 atom stereocenters. The van der Waals surface area contributed by atoms with E-state index in [0.717, 1.165) is 51.9 Å². The van der Waals surface area contributed by atoms with Crippen LogP contribution in [-0.4, -0.2) is 49.2 Å². The molecular formula is C19H26N2O2. The average molecular weight is 314 g/mol. The highest BCUT2D eigenvalue weighted by Crippen LogP contribution is 2.34. The van der Waals surface area contributed by atoms with E-state index in [4.69, 9.17) is 4.74 Å². The van der Waals surface area contributed by atoms with Crippen molar-refractivity contribution in [2.75, 3.05) is 26.2 Å². The van der Waals surface area contributed by atoms with Crippen molar-refractivity contribution in [1.29, 1.82) is 0 Å². The Morgan fingerprint density at radius 2 is 2.00 bits per heavy atom. The van der Waals surface area contributed by atoms with E-state index in [9.17, 15) is 4.79 Å². The molecule has 2 aliphatic heterocycles. The van der Waals surface area contributed by atoms with E-state index < -0.39 is 0 Å². The van der Waals surface area contributed by atoms with Crippen molar-refractivity contribution in [2.45, 2.75) is 37.8 Å². The predicted octanol–water partition coefficient (Wildman–Crippen LogP) is 1.84. The number of fused-ring (bicyclic) bond motifs is 1. The first-order chi connectivity index (χ1) is 11.3. The summed E-state index contributed by atoms with van der Waals surface area (Å²) in [6.45, 7) is 3.68. The summed E-state index contributed by atoms with van der Waals surface area (Å²) in [6, 6.07) is 11.0. The molecule has 1 saturated carbocycles. The van der Waals surface area contributed by atoms with E-state index in [-0.39, 0.29) is 17.9 Å². The van der Waals surface area contributed by atoms with Crippen molar-refractivity contribution in [2.24, 2.45) is 11.8 Å². The van der Waals surface area contributed by atoms with E-state index in [0.29, 0.717) is 12.0 Å². The molecule has 3 aliphatic rings. The van der Waals surface area contributed by atoms with E-state index in [2.05, 4.69) is 40.5 Å². The number of piperidine rings is 1. The van der Waals surface area contributed by atoms with Gasteiger partial charge in [-0.25, -0.2) is 0 Å². The summed E-state index contributed by atoms with van der Waals surface area (Å²) in [5.41, 5.74) is 1.36. The number of carbonyl (C=O) groups excluding carboxylic acids is 1. The summed E-state index contributed by atoms with van der Waals surface area (Å²) in [6.07, 6.45) is 4.63. The molecule has 2 saturated heterocycles. The molecule has 0 bridgehead atoms. The van der Waals surface area contributed by atoms with Crippen LogP contribution in [0.1, 0.15) is 24.8 Å². The van der Waals surface area contributed by atoms with Crippen molar-refractivity contribution < 1.29 is 9.53 Å². The first-order valence-electron chi connectivity index (χ1n) is 8.98. The van der Waals surface area contributed by atoms with Crippen LogP contribution >= 0.6 is 0 Å². The highest BCUT2D eigenvalue weighted by molar-refractivity contribution is 5.80. The number of rotatable bonds is 5. The highest BCUT2D eigenvalue weighted by atomic mass is 16.5. The zero-order valence-electron chi connectivity index (χ0n) is 13.6. The number of carbonyl (C=O) groups is 1. The van der Waals surface area contributed by atoms with Gasteiger partial charge in [-0.3, -0.25) is 9.69 Å². The van der Waals surface area contributed by atoms with E-state index in [1.165, 1.54) is 5.56 Å². The minimum Gasteiger partial charge on any atom is -0.377 e. The lowest BCUT2D eigenvalue weighted by Gasteiger charge is -2.39. The second kappa shape index (κ2) is 6.62. The third-order valence-corrected chi connectivity index (χ3v) is 5.49. The Hall–Kier alpha value is -1.39. The van der Waals surface area contributed by atoms with Gasteiger partial charge in [-0.1, -0.05) is 30.3 Å². The average Bonchev–Trinajstić information content (AvgIpc) is 3.26. The Bertz CT molecular complexity index is 544. The number of nitrogens with one attached hydrogen (secondary N) is 1. The second-order valence-electron chi connectivity index (χ2n) is 7.25. The summed E-state index contributed by atoms with van der Waals surface area (Å²) < 4.78 is 5.92. The molecule has 4 nitrogen and oxygen atoms in total. The number of nitrogens with zero attached hydrogens (tertiary/aromatic N) is 1. The van der Waals surface area contributed by atoms with Gasteiger partial charge in [0, 0.05) is 38.2 Å². The zero-order chi connectivity index (χ0) is 15.6. The van der Waals surface area contributed by atoms with Crippen LogP contribution < -0.4 is 5.32 Å². The van der Waals surface area contributed by atoms with Gasteiger partial charge in [0.2, 0.25) is 5.91 Å². The predicted molar refractivity (Wildman–Crippen MR) is 89.1 cm³/mol. The Morgan fingerprint density at radius 1 is 1.17 bits per heavy atom. The fraction of sp³-hybridized carbons (Fsp3) is 0.632. The summed E-state index contributed by atoms with van der Waals surface area (Å²) in [4.78, 5) is 15.0. The lowest BCUT2D eigenvalue weighted by atomic mass is 9.82. The highest BCUT2D eigenvalue weighted by Gasteiger charge is 2.44. The van der Waals surface area contributed by atoms with Gasteiger partial charge in [0.05, 0.1) is 12.0 Å². The lowest BCUT2D eigenvalue weighted by molar-refractivity contribution is -0.131. The van der Waals surface area contributed by atoms with Crippen molar-refractivity contribution in [3.63, 3.8) is 0 Å². The molecule has 4 rings (SSSR count). The maximum absolute atomic E-state index is 12.6. The summed E-state index contributed by atoms with van der Waals surface area (Å²) in [7, 11) is 0. The van der Waals surface area contributed by atoms with Gasteiger partial charge in [-0.15, -0.1) is 0 Å². The van der Waals surface area contributed by atoms with Crippen molar-refractivity contribution in [3.05, 3.63) is 35.9 Å². The van der Waals surface area contributed by atoms with Gasteiger partial charge in [0.25, 0.3) is 0 Å². The Labute approximate surface area is 138 Å². The standard InChI is InChI=1S/C19H26N2O2/c22-19(20-15-6-7-15)17-12-21(13-18-16(17)9-11-23-18)10-8-14-4-2-1-3-5-14/h1-5,15-18H,6-13H2,(H,20,22)/t16-,17-,18+/m0/s1. The Morgan fingerprint density at radius 3 is 2.78 bits per heavy atom. The molecule has 2 heterocycles.